The molecule has 1 saturated heterocycles. The summed E-state index contributed by atoms with van der Waals surface area (Å²) in [6.45, 7) is 1.65. The molecule has 0 radical (unpaired) electrons. The van der Waals surface area contributed by atoms with E-state index in [4.69, 9.17) is 9.84 Å². The molecule has 1 amide bonds. The SMILES string of the molecule is CN(CC(=O)O)C(=O)C(c1cccc(F)c1)N1CCOCC1. The zero-order valence-corrected chi connectivity index (χ0v) is 12.4. The van der Waals surface area contributed by atoms with E-state index in [1.54, 1.807) is 12.1 Å². The average Bonchev–Trinajstić information content (AvgIpc) is 2.48. The van der Waals surface area contributed by atoms with Crippen LogP contribution in [0.15, 0.2) is 24.3 Å². The maximum Gasteiger partial charge on any atom is 0.323 e. The van der Waals surface area contributed by atoms with Crippen molar-refractivity contribution in [2.75, 3.05) is 39.9 Å². The van der Waals surface area contributed by atoms with Gasteiger partial charge >= 0.3 is 5.97 Å². The molecule has 1 aliphatic rings. The normalized spacial score (nSPS) is 17.0. The van der Waals surface area contributed by atoms with Gasteiger partial charge in [-0.3, -0.25) is 14.5 Å². The van der Waals surface area contributed by atoms with Crippen molar-refractivity contribution in [3.05, 3.63) is 35.6 Å². The van der Waals surface area contributed by atoms with E-state index in [0.29, 0.717) is 31.9 Å². The molecule has 1 heterocycles. The second-order valence-electron chi connectivity index (χ2n) is 5.19. The molecule has 1 N–H and O–H groups in total. The standard InChI is InChI=1S/C15H19FN2O4/c1-17(10-13(19)20)15(21)14(18-5-7-22-8-6-18)11-3-2-4-12(16)9-11/h2-4,9,14H,5-8,10H2,1H3,(H,19,20). The number of halogens is 1. The van der Waals surface area contributed by atoms with E-state index in [1.165, 1.54) is 19.2 Å². The quantitative estimate of drug-likeness (QED) is 0.869. The van der Waals surface area contributed by atoms with Crippen LogP contribution >= 0.6 is 0 Å². The fourth-order valence-corrected chi connectivity index (χ4v) is 2.51. The predicted molar refractivity (Wildman–Crippen MR) is 76.8 cm³/mol. The lowest BCUT2D eigenvalue weighted by Gasteiger charge is -2.35. The first kappa shape index (κ1) is 16.4. The van der Waals surface area contributed by atoms with E-state index in [0.717, 1.165) is 4.90 Å². The lowest BCUT2D eigenvalue weighted by atomic mass is 10.0. The first-order valence-corrected chi connectivity index (χ1v) is 7.03. The number of carboxylic acids is 1. The molecule has 0 saturated carbocycles. The minimum absolute atomic E-state index is 0.366. The van der Waals surface area contributed by atoms with Crippen LogP contribution in [0.25, 0.3) is 0 Å². The summed E-state index contributed by atoms with van der Waals surface area (Å²) in [5.74, 6) is -1.88. The van der Waals surface area contributed by atoms with Crippen LogP contribution in [0, 0.1) is 5.82 Å². The number of likely N-dealkylation sites (N-methyl/N-ethyl adjacent to an activating group) is 1. The highest BCUT2D eigenvalue weighted by Gasteiger charge is 2.31. The average molecular weight is 310 g/mol. The molecule has 0 spiro atoms. The maximum absolute atomic E-state index is 13.5. The number of ether oxygens (including phenoxy) is 1. The van der Waals surface area contributed by atoms with Crippen molar-refractivity contribution >= 4 is 11.9 Å². The molecule has 1 atom stereocenters. The van der Waals surface area contributed by atoms with Crippen molar-refractivity contribution in [2.45, 2.75) is 6.04 Å². The highest BCUT2D eigenvalue weighted by Crippen LogP contribution is 2.24. The Kier molecular flexibility index (Phi) is 5.46. The summed E-state index contributed by atoms with van der Waals surface area (Å²) in [5.41, 5.74) is 0.518. The summed E-state index contributed by atoms with van der Waals surface area (Å²) >= 11 is 0. The molecule has 0 aliphatic carbocycles. The summed E-state index contributed by atoms with van der Waals surface area (Å²) in [7, 11) is 1.43. The lowest BCUT2D eigenvalue weighted by Crippen LogP contribution is -2.47. The van der Waals surface area contributed by atoms with Gasteiger partial charge in [-0.1, -0.05) is 12.1 Å². The molecule has 1 unspecified atom stereocenters. The van der Waals surface area contributed by atoms with E-state index in [-0.39, 0.29) is 5.91 Å². The number of nitrogens with zero attached hydrogens (tertiary/aromatic N) is 2. The van der Waals surface area contributed by atoms with Gasteiger partial charge in [0.2, 0.25) is 5.91 Å². The summed E-state index contributed by atoms with van der Waals surface area (Å²) in [6.07, 6.45) is 0. The fraction of sp³-hybridized carbons (Fsp3) is 0.467. The van der Waals surface area contributed by atoms with Gasteiger partial charge in [-0.15, -0.1) is 0 Å². The third kappa shape index (κ3) is 4.02. The van der Waals surface area contributed by atoms with Gasteiger partial charge in [0, 0.05) is 20.1 Å². The highest BCUT2D eigenvalue weighted by atomic mass is 19.1. The van der Waals surface area contributed by atoms with Gasteiger partial charge in [0.1, 0.15) is 18.4 Å². The van der Waals surface area contributed by atoms with E-state index < -0.39 is 24.4 Å². The number of rotatable bonds is 5. The molecular weight excluding hydrogens is 291 g/mol. The molecule has 1 aromatic carbocycles. The van der Waals surface area contributed by atoms with Crippen LogP contribution < -0.4 is 0 Å². The van der Waals surface area contributed by atoms with Gasteiger partial charge in [0.15, 0.2) is 0 Å². The van der Waals surface area contributed by atoms with Crippen molar-refractivity contribution in [1.82, 2.24) is 9.80 Å². The number of amides is 1. The topological polar surface area (TPSA) is 70.1 Å². The Bertz CT molecular complexity index is 546. The fourth-order valence-electron chi connectivity index (χ4n) is 2.51. The predicted octanol–water partition coefficient (Wildman–Crippen LogP) is 0.742. The number of benzene rings is 1. The summed E-state index contributed by atoms with van der Waals surface area (Å²) in [5, 5.41) is 8.85. The van der Waals surface area contributed by atoms with Gasteiger partial charge in [-0.25, -0.2) is 4.39 Å². The Balaban J connectivity index is 2.28. The Labute approximate surface area is 128 Å². The van der Waals surface area contributed by atoms with Crippen molar-refractivity contribution < 1.29 is 23.8 Å². The van der Waals surface area contributed by atoms with E-state index in [1.807, 2.05) is 4.90 Å². The van der Waals surface area contributed by atoms with Gasteiger partial charge in [0.05, 0.1) is 13.2 Å². The van der Waals surface area contributed by atoms with Gasteiger partial charge in [-0.05, 0) is 17.7 Å². The molecule has 0 bridgehead atoms. The van der Waals surface area contributed by atoms with Crippen molar-refractivity contribution in [2.24, 2.45) is 0 Å². The first-order chi connectivity index (χ1) is 10.5. The zero-order valence-electron chi connectivity index (χ0n) is 12.4. The van der Waals surface area contributed by atoms with Crippen LogP contribution in [0.3, 0.4) is 0 Å². The minimum Gasteiger partial charge on any atom is -0.480 e. The zero-order chi connectivity index (χ0) is 16.1. The number of carboxylic acid groups (broad SMARTS) is 1. The largest absolute Gasteiger partial charge is 0.480 e. The maximum atomic E-state index is 13.5. The Morgan fingerprint density at radius 2 is 2.09 bits per heavy atom. The first-order valence-electron chi connectivity index (χ1n) is 7.03. The lowest BCUT2D eigenvalue weighted by molar-refractivity contribution is -0.146. The molecule has 2 rings (SSSR count). The van der Waals surface area contributed by atoms with E-state index >= 15 is 0 Å². The van der Waals surface area contributed by atoms with Gasteiger partial charge in [-0.2, -0.15) is 0 Å². The number of carbonyl (C=O) groups excluding carboxylic acids is 1. The smallest absolute Gasteiger partial charge is 0.323 e. The third-order valence-corrected chi connectivity index (χ3v) is 3.56. The number of aliphatic carboxylic acids is 1. The highest BCUT2D eigenvalue weighted by molar-refractivity contribution is 5.86. The molecule has 22 heavy (non-hydrogen) atoms. The van der Waals surface area contributed by atoms with Gasteiger partial charge < -0.3 is 14.7 Å². The van der Waals surface area contributed by atoms with Crippen molar-refractivity contribution in [1.29, 1.82) is 0 Å². The molecule has 1 aromatic rings. The molecule has 0 aromatic heterocycles. The molecule has 120 valence electrons. The van der Waals surface area contributed by atoms with E-state index in [2.05, 4.69) is 0 Å². The van der Waals surface area contributed by atoms with Crippen LogP contribution in [0.1, 0.15) is 11.6 Å². The van der Waals surface area contributed by atoms with Gasteiger partial charge in [0.25, 0.3) is 0 Å². The van der Waals surface area contributed by atoms with Crippen molar-refractivity contribution in [3.8, 4) is 0 Å². The Morgan fingerprint density at radius 1 is 1.41 bits per heavy atom. The van der Waals surface area contributed by atoms with Crippen LogP contribution in [0.4, 0.5) is 4.39 Å². The Morgan fingerprint density at radius 3 is 2.68 bits per heavy atom. The summed E-state index contributed by atoms with van der Waals surface area (Å²) in [4.78, 5) is 26.5. The molecule has 7 heteroatoms. The molecule has 1 aliphatic heterocycles. The van der Waals surface area contributed by atoms with Crippen LogP contribution in [0.5, 0.6) is 0 Å². The van der Waals surface area contributed by atoms with Crippen LogP contribution in [-0.2, 0) is 14.3 Å². The number of carbonyl (C=O) groups is 2. The number of hydrogen-bond acceptors (Lipinski definition) is 4. The second kappa shape index (κ2) is 7.33. The summed E-state index contributed by atoms with van der Waals surface area (Å²) in [6, 6.07) is 5.14. The molecule has 1 fully saturated rings. The number of morpholine rings is 1. The number of hydrogen-bond donors (Lipinski definition) is 1. The summed E-state index contributed by atoms with van der Waals surface area (Å²) < 4.78 is 18.8. The molecular formula is C15H19FN2O4. The van der Waals surface area contributed by atoms with Crippen LogP contribution in [-0.4, -0.2) is 66.7 Å². The second-order valence-corrected chi connectivity index (χ2v) is 5.19. The van der Waals surface area contributed by atoms with Crippen molar-refractivity contribution in [3.63, 3.8) is 0 Å². The van der Waals surface area contributed by atoms with E-state index in [9.17, 15) is 14.0 Å². The Hall–Kier alpha value is -1.99. The van der Waals surface area contributed by atoms with Crippen LogP contribution in [0.2, 0.25) is 0 Å². The third-order valence-electron chi connectivity index (χ3n) is 3.56. The molecule has 6 nitrogen and oxygen atoms in total. The minimum atomic E-state index is -1.09. The monoisotopic (exact) mass is 310 g/mol.